The van der Waals surface area contributed by atoms with Crippen molar-refractivity contribution in [3.05, 3.63) is 150 Å². The second kappa shape index (κ2) is 34.8. The molecule has 460 valence electrons. The molecule has 86 heavy (non-hydrogen) atoms. The number of rotatable bonds is 38. The van der Waals surface area contributed by atoms with Crippen LogP contribution in [0.15, 0.2) is 142 Å². The molecule has 0 saturated carbocycles. The van der Waals surface area contributed by atoms with E-state index in [-0.39, 0.29) is 58.0 Å². The van der Waals surface area contributed by atoms with Crippen molar-refractivity contribution in [2.75, 3.05) is 29.9 Å². The monoisotopic (exact) mass is 1210 g/mol. The van der Waals surface area contributed by atoms with Crippen molar-refractivity contribution in [1.82, 2.24) is 14.5 Å². The number of amides is 2. The zero-order valence-corrected chi connectivity index (χ0v) is 52.3. The number of fused-ring (bicyclic) bond motifs is 1. The van der Waals surface area contributed by atoms with E-state index in [9.17, 15) is 28.2 Å². The van der Waals surface area contributed by atoms with E-state index in [0.29, 0.717) is 59.0 Å². The number of carboxylic acid groups (broad SMARTS) is 1. The SMILES string of the molecule is CCCCCCCCCCCCCCOc1ccccc1NC(=O)c1ccc2c(N(Cc3ccc(CC(CCCCCCCC)C(=O)O)cc3)C(=O)Oc3ccc(CSc4nnc(-c5ccccc5)o4)cc3S(=O)(=O)N(CC)CC)cccc2c1O. The Morgan fingerprint density at radius 3 is 1.92 bits per heavy atom. The number of sulfonamides is 1. The van der Waals surface area contributed by atoms with Gasteiger partial charge in [-0.25, -0.2) is 13.2 Å². The van der Waals surface area contributed by atoms with Crippen molar-refractivity contribution in [1.29, 1.82) is 0 Å². The number of aromatic nitrogens is 2. The van der Waals surface area contributed by atoms with E-state index in [1.807, 2.05) is 66.7 Å². The summed E-state index contributed by atoms with van der Waals surface area (Å²) < 4.78 is 48.7. The molecule has 3 N–H and O–H groups in total. The number of aromatic hydroxyl groups is 1. The van der Waals surface area contributed by atoms with Gasteiger partial charge in [0.25, 0.3) is 11.1 Å². The number of para-hydroxylation sites is 2. The summed E-state index contributed by atoms with van der Waals surface area (Å²) in [6, 6.07) is 36.7. The van der Waals surface area contributed by atoms with E-state index in [2.05, 4.69) is 29.4 Å². The molecule has 7 aromatic rings. The van der Waals surface area contributed by atoms with E-state index in [1.54, 1.807) is 56.3 Å². The van der Waals surface area contributed by atoms with E-state index in [4.69, 9.17) is 13.9 Å². The fourth-order valence-electron chi connectivity index (χ4n) is 10.6. The van der Waals surface area contributed by atoms with Gasteiger partial charge in [-0.15, -0.1) is 10.2 Å². The van der Waals surface area contributed by atoms with Gasteiger partial charge in [-0.3, -0.25) is 14.5 Å². The van der Waals surface area contributed by atoms with E-state index in [0.717, 1.165) is 62.5 Å². The molecule has 1 heterocycles. The Labute approximate surface area is 513 Å². The van der Waals surface area contributed by atoms with Crippen molar-refractivity contribution < 1.29 is 46.9 Å². The van der Waals surface area contributed by atoms with Gasteiger partial charge in [-0.2, -0.15) is 4.31 Å². The van der Waals surface area contributed by atoms with Crippen LogP contribution in [0.1, 0.15) is 177 Å². The lowest BCUT2D eigenvalue weighted by atomic mass is 9.93. The van der Waals surface area contributed by atoms with Gasteiger partial charge in [0.05, 0.1) is 36.0 Å². The molecule has 0 aliphatic rings. The minimum atomic E-state index is -4.23. The number of carboxylic acids is 1. The summed E-state index contributed by atoms with van der Waals surface area (Å²) in [4.78, 5) is 42.8. The summed E-state index contributed by atoms with van der Waals surface area (Å²) in [6.45, 7) is 8.61. The van der Waals surface area contributed by atoms with Crippen LogP contribution in [0, 0.1) is 5.92 Å². The maximum Gasteiger partial charge on any atom is 0.420 e. The maximum atomic E-state index is 15.1. The van der Waals surface area contributed by atoms with Crippen LogP contribution in [0.5, 0.6) is 17.2 Å². The van der Waals surface area contributed by atoms with Crippen molar-refractivity contribution in [3.8, 4) is 28.7 Å². The number of unbranched alkanes of at least 4 members (excludes halogenated alkanes) is 16. The number of hydrogen-bond acceptors (Lipinski definition) is 12. The van der Waals surface area contributed by atoms with Crippen LogP contribution < -0.4 is 19.7 Å². The van der Waals surface area contributed by atoms with E-state index >= 15 is 4.79 Å². The molecule has 0 bridgehead atoms. The first-order valence-electron chi connectivity index (χ1n) is 31.1. The van der Waals surface area contributed by atoms with Gasteiger partial charge in [0.1, 0.15) is 16.4 Å². The van der Waals surface area contributed by atoms with Crippen LogP contribution in [-0.4, -0.2) is 70.8 Å². The second-order valence-electron chi connectivity index (χ2n) is 22.0. The van der Waals surface area contributed by atoms with Crippen LogP contribution in [-0.2, 0) is 33.5 Å². The van der Waals surface area contributed by atoms with Gasteiger partial charge < -0.3 is 29.4 Å². The molecule has 7 rings (SSSR count). The highest BCUT2D eigenvalue weighted by Gasteiger charge is 2.30. The predicted molar refractivity (Wildman–Crippen MR) is 344 cm³/mol. The molecule has 1 atom stereocenters. The fourth-order valence-corrected chi connectivity index (χ4v) is 13.0. The van der Waals surface area contributed by atoms with Gasteiger partial charge in [0.15, 0.2) is 5.75 Å². The standard InChI is InChI=1S/C69H87N5O10S2/c1-5-9-11-13-15-16-17-18-19-20-22-29-46-82-61-37-28-27-35-59(61)70-65(76)58-44-43-56-57(64(58)75)34-30-36-60(56)74(49-52-40-38-51(39-41-52)47-55(67(77)78)33-24-21-14-12-10-6-2)69(79)83-62-45-42-53(48-63(62)86(80,81)73(7-3)8-4)50-85-68-72-71-66(84-68)54-31-25-23-26-32-54/h23,25-28,30-32,34-45,48,55,75H,5-22,24,29,33,46-47,49-50H2,1-4H3,(H,70,76)(H,77,78). The number of carbonyl (C=O) groups is 3. The zero-order valence-electron chi connectivity index (χ0n) is 50.6. The fraction of sp³-hybridized carbons (Fsp3) is 0.435. The molecule has 17 heteroatoms. The average Bonchev–Trinajstić information content (AvgIpc) is 1.23. The largest absolute Gasteiger partial charge is 0.506 e. The number of carbonyl (C=O) groups excluding carboxylic acids is 2. The molecular formula is C69H87N5O10S2. The molecule has 0 spiro atoms. The summed E-state index contributed by atoms with van der Waals surface area (Å²) in [5.41, 5.74) is 3.59. The molecule has 0 aliphatic heterocycles. The third-order valence-electron chi connectivity index (χ3n) is 15.6. The molecule has 2 amide bonds. The maximum absolute atomic E-state index is 15.1. The molecule has 1 unspecified atom stereocenters. The van der Waals surface area contributed by atoms with Gasteiger partial charge in [0, 0.05) is 35.2 Å². The van der Waals surface area contributed by atoms with Crippen molar-refractivity contribution in [3.63, 3.8) is 0 Å². The minimum Gasteiger partial charge on any atom is -0.506 e. The van der Waals surface area contributed by atoms with E-state index < -0.39 is 33.9 Å². The summed E-state index contributed by atoms with van der Waals surface area (Å²) in [7, 11) is -4.23. The van der Waals surface area contributed by atoms with Gasteiger partial charge in [-0.1, -0.05) is 227 Å². The molecule has 0 saturated heterocycles. The van der Waals surface area contributed by atoms with Crippen molar-refractivity contribution >= 4 is 61.9 Å². The predicted octanol–water partition coefficient (Wildman–Crippen LogP) is 17.4. The normalized spacial score (nSPS) is 11.9. The van der Waals surface area contributed by atoms with Crippen LogP contribution in [0.2, 0.25) is 0 Å². The third kappa shape index (κ3) is 19.4. The van der Waals surface area contributed by atoms with Gasteiger partial charge in [0.2, 0.25) is 15.9 Å². The molecule has 0 radical (unpaired) electrons. The smallest absolute Gasteiger partial charge is 0.420 e. The summed E-state index contributed by atoms with van der Waals surface area (Å²) in [5, 5.41) is 34.4. The number of anilines is 2. The minimum absolute atomic E-state index is 0.00786. The Morgan fingerprint density at radius 1 is 0.640 bits per heavy atom. The van der Waals surface area contributed by atoms with Crippen LogP contribution in [0.4, 0.5) is 16.2 Å². The highest BCUT2D eigenvalue weighted by Crippen LogP contribution is 2.38. The van der Waals surface area contributed by atoms with Crippen LogP contribution in [0.25, 0.3) is 22.2 Å². The number of aliphatic carboxylic acids is 1. The number of benzene rings is 6. The first-order chi connectivity index (χ1) is 41.8. The number of nitrogens with zero attached hydrogens (tertiary/aromatic N) is 4. The molecule has 0 fully saturated rings. The Bertz CT molecular complexity index is 3350. The quantitative estimate of drug-likeness (QED) is 0.0244. The number of ether oxygens (including phenoxy) is 2. The second-order valence-corrected chi connectivity index (χ2v) is 24.8. The van der Waals surface area contributed by atoms with Crippen molar-refractivity contribution in [2.24, 2.45) is 5.92 Å². The summed E-state index contributed by atoms with van der Waals surface area (Å²) in [6.07, 6.45) is 21.2. The summed E-state index contributed by atoms with van der Waals surface area (Å²) in [5.74, 6) is -1.36. The van der Waals surface area contributed by atoms with E-state index in [1.165, 1.54) is 103 Å². The Balaban J connectivity index is 1.12. The molecular weight excluding hydrogens is 1120 g/mol. The zero-order chi connectivity index (χ0) is 61.1. The Morgan fingerprint density at radius 2 is 1.26 bits per heavy atom. The number of hydrogen-bond donors (Lipinski definition) is 3. The first-order valence-corrected chi connectivity index (χ1v) is 33.5. The highest BCUT2D eigenvalue weighted by molar-refractivity contribution is 7.98. The molecule has 0 aliphatic carbocycles. The topological polar surface area (TPSA) is 202 Å². The lowest BCUT2D eigenvalue weighted by Gasteiger charge is -2.26. The molecule has 15 nitrogen and oxygen atoms in total. The molecule has 6 aromatic carbocycles. The number of thioether (sulfide) groups is 1. The third-order valence-corrected chi connectivity index (χ3v) is 18.5. The van der Waals surface area contributed by atoms with Gasteiger partial charge in [-0.05, 0) is 84.5 Å². The molecule has 1 aromatic heterocycles. The van der Waals surface area contributed by atoms with Crippen LogP contribution in [0.3, 0.4) is 0 Å². The lowest BCUT2D eigenvalue weighted by molar-refractivity contribution is -0.142. The average molecular weight is 1210 g/mol. The van der Waals surface area contributed by atoms with Gasteiger partial charge >= 0.3 is 12.1 Å². The van der Waals surface area contributed by atoms with Crippen molar-refractivity contribution in [2.45, 2.75) is 179 Å². The first kappa shape index (κ1) is 66.3. The van der Waals surface area contributed by atoms with Crippen LogP contribution >= 0.6 is 11.8 Å². The number of phenolic OH excluding ortho intramolecular Hbond substituents is 1. The lowest BCUT2D eigenvalue weighted by Crippen LogP contribution is -2.35. The Kier molecular flexibility index (Phi) is 26.8. The Hall–Kier alpha value is -7.21. The number of phenols is 1. The highest BCUT2D eigenvalue weighted by atomic mass is 32.2. The summed E-state index contributed by atoms with van der Waals surface area (Å²) >= 11 is 1.23. The number of nitrogens with one attached hydrogen (secondary N) is 1.